The smallest absolute Gasteiger partial charge is 0.0244 e. The molecular formula is C16H33N3. The summed E-state index contributed by atoms with van der Waals surface area (Å²) in [6.07, 6.45) is 5.43. The fraction of sp³-hybridized carbons (Fsp3) is 1.00. The Kier molecular flexibility index (Phi) is 5.67. The lowest BCUT2D eigenvalue weighted by Crippen LogP contribution is -2.49. The van der Waals surface area contributed by atoms with Crippen LogP contribution in [0.4, 0.5) is 0 Å². The molecule has 0 aromatic heterocycles. The predicted molar refractivity (Wildman–Crippen MR) is 82.5 cm³/mol. The zero-order valence-corrected chi connectivity index (χ0v) is 13.4. The van der Waals surface area contributed by atoms with Gasteiger partial charge in [0, 0.05) is 37.8 Å². The molecule has 3 unspecified atom stereocenters. The molecule has 2 rings (SSSR count). The van der Waals surface area contributed by atoms with E-state index in [-0.39, 0.29) is 0 Å². The largest absolute Gasteiger partial charge is 0.315 e. The molecule has 19 heavy (non-hydrogen) atoms. The maximum atomic E-state index is 3.63. The zero-order valence-electron chi connectivity index (χ0n) is 13.4. The van der Waals surface area contributed by atoms with Crippen LogP contribution in [-0.2, 0) is 0 Å². The van der Waals surface area contributed by atoms with E-state index in [1.54, 1.807) is 0 Å². The zero-order chi connectivity index (χ0) is 13.8. The fourth-order valence-corrected chi connectivity index (χ4v) is 3.85. The van der Waals surface area contributed by atoms with E-state index in [4.69, 9.17) is 0 Å². The minimum Gasteiger partial charge on any atom is -0.315 e. The molecule has 2 aliphatic rings. The second-order valence-corrected chi connectivity index (χ2v) is 6.85. The average molecular weight is 267 g/mol. The van der Waals surface area contributed by atoms with E-state index < -0.39 is 0 Å². The SMILES string of the molecule is CCCNCC(C(C)C)N1CCC2CCC(C1)N2C. The molecule has 0 aromatic carbocycles. The van der Waals surface area contributed by atoms with Gasteiger partial charge in [-0.2, -0.15) is 0 Å². The van der Waals surface area contributed by atoms with Crippen molar-refractivity contribution in [2.75, 3.05) is 33.2 Å². The molecule has 3 heteroatoms. The van der Waals surface area contributed by atoms with Crippen LogP contribution in [0.3, 0.4) is 0 Å². The summed E-state index contributed by atoms with van der Waals surface area (Å²) in [4.78, 5) is 5.42. The molecule has 0 saturated carbocycles. The van der Waals surface area contributed by atoms with Gasteiger partial charge in [-0.25, -0.2) is 0 Å². The molecule has 0 spiro atoms. The van der Waals surface area contributed by atoms with E-state index in [1.165, 1.54) is 38.8 Å². The van der Waals surface area contributed by atoms with Gasteiger partial charge in [0.05, 0.1) is 0 Å². The first-order chi connectivity index (χ1) is 9.13. The molecule has 2 saturated heterocycles. The molecular weight excluding hydrogens is 234 g/mol. The first kappa shape index (κ1) is 15.3. The van der Waals surface area contributed by atoms with E-state index in [9.17, 15) is 0 Å². The Morgan fingerprint density at radius 1 is 1.16 bits per heavy atom. The summed E-state index contributed by atoms with van der Waals surface area (Å²) >= 11 is 0. The molecule has 2 fully saturated rings. The normalized spacial score (nSPS) is 30.8. The van der Waals surface area contributed by atoms with Gasteiger partial charge < -0.3 is 5.32 Å². The van der Waals surface area contributed by atoms with Crippen LogP contribution in [0.25, 0.3) is 0 Å². The third kappa shape index (κ3) is 3.71. The summed E-state index contributed by atoms with van der Waals surface area (Å²) in [5.41, 5.74) is 0. The van der Waals surface area contributed by atoms with Crippen molar-refractivity contribution in [3.63, 3.8) is 0 Å². The molecule has 0 aromatic rings. The van der Waals surface area contributed by atoms with E-state index in [0.717, 1.165) is 31.1 Å². The Hall–Kier alpha value is -0.120. The van der Waals surface area contributed by atoms with Crippen molar-refractivity contribution in [1.29, 1.82) is 0 Å². The monoisotopic (exact) mass is 267 g/mol. The molecule has 112 valence electrons. The summed E-state index contributed by atoms with van der Waals surface area (Å²) in [5, 5.41) is 3.63. The van der Waals surface area contributed by atoms with Gasteiger partial charge in [0.25, 0.3) is 0 Å². The van der Waals surface area contributed by atoms with Crippen LogP contribution in [0.15, 0.2) is 0 Å². The second kappa shape index (κ2) is 7.05. The Labute approximate surface area is 119 Å². The van der Waals surface area contributed by atoms with Gasteiger partial charge in [-0.1, -0.05) is 20.8 Å². The van der Waals surface area contributed by atoms with Crippen molar-refractivity contribution in [2.24, 2.45) is 5.92 Å². The van der Waals surface area contributed by atoms with Crippen molar-refractivity contribution in [3.8, 4) is 0 Å². The maximum absolute atomic E-state index is 3.63. The standard InChI is InChI=1S/C16H33N3/c1-5-9-17-11-16(13(2)3)19-10-8-14-6-7-15(12-19)18(14)4/h13-17H,5-12H2,1-4H3. The highest BCUT2D eigenvalue weighted by atomic mass is 15.3. The third-order valence-corrected chi connectivity index (χ3v) is 5.20. The van der Waals surface area contributed by atoms with Gasteiger partial charge in [-0.3, -0.25) is 9.80 Å². The van der Waals surface area contributed by atoms with Gasteiger partial charge in [0.1, 0.15) is 0 Å². The molecule has 0 amide bonds. The third-order valence-electron chi connectivity index (χ3n) is 5.20. The summed E-state index contributed by atoms with van der Waals surface area (Å²) in [6.45, 7) is 11.9. The van der Waals surface area contributed by atoms with E-state index in [2.05, 4.69) is 42.9 Å². The predicted octanol–water partition coefficient (Wildman–Crippen LogP) is 2.18. The van der Waals surface area contributed by atoms with Gasteiger partial charge in [-0.05, 0) is 45.2 Å². The highest BCUT2D eigenvalue weighted by Crippen LogP contribution is 2.30. The number of nitrogens with one attached hydrogen (secondary N) is 1. The number of hydrogen-bond acceptors (Lipinski definition) is 3. The van der Waals surface area contributed by atoms with Crippen LogP contribution in [0.1, 0.15) is 46.5 Å². The highest BCUT2D eigenvalue weighted by Gasteiger charge is 2.36. The van der Waals surface area contributed by atoms with Crippen molar-refractivity contribution >= 4 is 0 Å². The van der Waals surface area contributed by atoms with Crippen LogP contribution < -0.4 is 5.32 Å². The summed E-state index contributed by atoms with van der Waals surface area (Å²) in [5.74, 6) is 0.742. The topological polar surface area (TPSA) is 18.5 Å². The van der Waals surface area contributed by atoms with Crippen molar-refractivity contribution in [1.82, 2.24) is 15.1 Å². The molecule has 1 N–H and O–H groups in total. The van der Waals surface area contributed by atoms with Gasteiger partial charge in [0.2, 0.25) is 0 Å². The second-order valence-electron chi connectivity index (χ2n) is 6.85. The van der Waals surface area contributed by atoms with Gasteiger partial charge in [0.15, 0.2) is 0 Å². The molecule has 0 aliphatic carbocycles. The molecule has 3 nitrogen and oxygen atoms in total. The first-order valence-electron chi connectivity index (χ1n) is 8.30. The highest BCUT2D eigenvalue weighted by molar-refractivity contribution is 4.93. The Balaban J connectivity index is 1.93. The number of rotatable bonds is 6. The lowest BCUT2D eigenvalue weighted by atomic mass is 9.99. The van der Waals surface area contributed by atoms with E-state index >= 15 is 0 Å². The molecule has 2 bridgehead atoms. The number of fused-ring (bicyclic) bond motifs is 2. The maximum Gasteiger partial charge on any atom is 0.0244 e. The first-order valence-corrected chi connectivity index (χ1v) is 8.30. The lowest BCUT2D eigenvalue weighted by Gasteiger charge is -2.36. The summed E-state index contributed by atoms with van der Waals surface area (Å²) < 4.78 is 0. The van der Waals surface area contributed by atoms with Crippen LogP contribution in [0, 0.1) is 5.92 Å². The van der Waals surface area contributed by atoms with Crippen LogP contribution >= 0.6 is 0 Å². The van der Waals surface area contributed by atoms with Gasteiger partial charge in [-0.15, -0.1) is 0 Å². The molecule has 2 aliphatic heterocycles. The van der Waals surface area contributed by atoms with E-state index in [0.29, 0.717) is 6.04 Å². The summed E-state index contributed by atoms with van der Waals surface area (Å²) in [6, 6.07) is 2.37. The number of likely N-dealkylation sites (tertiary alicyclic amines) is 1. The quantitative estimate of drug-likeness (QED) is 0.744. The fourth-order valence-electron chi connectivity index (χ4n) is 3.85. The number of likely N-dealkylation sites (N-methyl/N-ethyl adjacent to an activating group) is 1. The number of nitrogens with zero attached hydrogens (tertiary/aromatic N) is 2. The van der Waals surface area contributed by atoms with Crippen LogP contribution in [0.5, 0.6) is 0 Å². The Morgan fingerprint density at radius 3 is 2.58 bits per heavy atom. The lowest BCUT2D eigenvalue weighted by molar-refractivity contribution is 0.135. The Morgan fingerprint density at radius 2 is 1.89 bits per heavy atom. The van der Waals surface area contributed by atoms with Gasteiger partial charge >= 0.3 is 0 Å². The molecule has 0 radical (unpaired) electrons. The van der Waals surface area contributed by atoms with Crippen molar-refractivity contribution in [3.05, 3.63) is 0 Å². The Bertz CT molecular complexity index is 267. The number of hydrogen-bond donors (Lipinski definition) is 1. The minimum absolute atomic E-state index is 0.708. The average Bonchev–Trinajstić information content (AvgIpc) is 2.60. The van der Waals surface area contributed by atoms with Crippen LogP contribution in [-0.4, -0.2) is 61.2 Å². The van der Waals surface area contributed by atoms with Crippen molar-refractivity contribution < 1.29 is 0 Å². The van der Waals surface area contributed by atoms with Crippen LogP contribution in [0.2, 0.25) is 0 Å². The molecule has 3 atom stereocenters. The van der Waals surface area contributed by atoms with Crippen molar-refractivity contribution in [2.45, 2.75) is 64.6 Å². The van der Waals surface area contributed by atoms with E-state index in [1.807, 2.05) is 0 Å². The summed E-state index contributed by atoms with van der Waals surface area (Å²) in [7, 11) is 2.34. The minimum atomic E-state index is 0.708. The molecule has 2 heterocycles.